The molecule has 1 N–H and O–H groups in total. The van der Waals surface area contributed by atoms with E-state index in [1.807, 2.05) is 0 Å². The molecule has 2 aromatic rings. The lowest BCUT2D eigenvalue weighted by molar-refractivity contribution is 0.0671. The molecule has 0 spiro atoms. The first-order valence-corrected chi connectivity index (χ1v) is 7.99. The van der Waals surface area contributed by atoms with Crippen molar-refractivity contribution in [3.63, 3.8) is 0 Å². The average molecular weight is 346 g/mol. The summed E-state index contributed by atoms with van der Waals surface area (Å²) in [4.78, 5) is 28.0. The molecule has 0 radical (unpaired) electrons. The number of aromatic nitrogens is 1. The summed E-state index contributed by atoms with van der Waals surface area (Å²) >= 11 is 0. The van der Waals surface area contributed by atoms with Gasteiger partial charge in [-0.25, -0.2) is 9.18 Å². The van der Waals surface area contributed by atoms with Crippen molar-refractivity contribution in [2.24, 2.45) is 0 Å². The van der Waals surface area contributed by atoms with E-state index in [1.54, 1.807) is 23.6 Å². The number of aryl methyl sites for hydroxylation is 2. The number of amides is 3. The summed E-state index contributed by atoms with van der Waals surface area (Å²) in [7, 11) is 0. The zero-order chi connectivity index (χ0) is 18.0. The quantitative estimate of drug-likeness (QED) is 0.906. The third-order valence-corrected chi connectivity index (χ3v) is 4.21. The molecular weight excluding hydrogens is 327 g/mol. The van der Waals surface area contributed by atoms with E-state index in [1.165, 1.54) is 24.3 Å². The maximum atomic E-state index is 13.0. The second kappa shape index (κ2) is 6.92. The van der Waals surface area contributed by atoms with Gasteiger partial charge >= 0.3 is 6.03 Å². The van der Waals surface area contributed by atoms with Crippen LogP contribution in [0.2, 0.25) is 0 Å². The van der Waals surface area contributed by atoms with E-state index in [4.69, 9.17) is 4.52 Å². The number of anilines is 1. The van der Waals surface area contributed by atoms with Crippen LogP contribution in [-0.4, -0.2) is 53.1 Å². The molecule has 1 fully saturated rings. The fourth-order valence-corrected chi connectivity index (χ4v) is 2.74. The molecule has 0 atom stereocenters. The van der Waals surface area contributed by atoms with Crippen molar-refractivity contribution in [1.29, 1.82) is 0 Å². The summed E-state index contributed by atoms with van der Waals surface area (Å²) in [6.45, 7) is 5.17. The Hall–Kier alpha value is -2.90. The van der Waals surface area contributed by atoms with Gasteiger partial charge in [0.25, 0.3) is 5.91 Å². The molecule has 132 valence electrons. The van der Waals surface area contributed by atoms with Gasteiger partial charge in [-0.05, 0) is 38.1 Å². The third-order valence-electron chi connectivity index (χ3n) is 4.21. The van der Waals surface area contributed by atoms with Crippen molar-refractivity contribution in [3.8, 4) is 0 Å². The number of hydrogen-bond donors (Lipinski definition) is 1. The van der Waals surface area contributed by atoms with Crippen LogP contribution in [-0.2, 0) is 0 Å². The molecule has 0 saturated carbocycles. The normalized spacial score (nSPS) is 14.5. The van der Waals surface area contributed by atoms with E-state index < -0.39 is 0 Å². The Morgan fingerprint density at radius 1 is 1.08 bits per heavy atom. The number of carbonyl (C=O) groups excluding carboxylic acids is 2. The minimum atomic E-state index is -0.377. The molecule has 7 nitrogen and oxygen atoms in total. The molecule has 3 rings (SSSR count). The van der Waals surface area contributed by atoms with Crippen molar-refractivity contribution < 1.29 is 18.5 Å². The molecule has 0 bridgehead atoms. The summed E-state index contributed by atoms with van der Waals surface area (Å²) in [6, 6.07) is 5.21. The van der Waals surface area contributed by atoms with Gasteiger partial charge in [-0.15, -0.1) is 0 Å². The standard InChI is InChI=1S/C17H19FN4O3/c1-11-15(12(2)25-20-11)19-17(24)22-9-7-21(8-10-22)16(23)13-3-5-14(18)6-4-13/h3-6H,7-10H2,1-2H3,(H,19,24). The van der Waals surface area contributed by atoms with Crippen LogP contribution in [0.15, 0.2) is 28.8 Å². The first kappa shape index (κ1) is 16.9. The molecule has 0 unspecified atom stereocenters. The third kappa shape index (κ3) is 3.62. The maximum absolute atomic E-state index is 13.0. The Balaban J connectivity index is 1.57. The summed E-state index contributed by atoms with van der Waals surface area (Å²) in [5, 5.41) is 6.60. The number of urea groups is 1. The SMILES string of the molecule is Cc1noc(C)c1NC(=O)N1CCN(C(=O)c2ccc(F)cc2)CC1. The molecule has 1 saturated heterocycles. The second-order valence-corrected chi connectivity index (χ2v) is 5.92. The van der Waals surface area contributed by atoms with E-state index in [2.05, 4.69) is 10.5 Å². The van der Waals surface area contributed by atoms with Crippen molar-refractivity contribution in [2.75, 3.05) is 31.5 Å². The molecular formula is C17H19FN4O3. The van der Waals surface area contributed by atoms with Crippen LogP contribution in [0.5, 0.6) is 0 Å². The lowest BCUT2D eigenvalue weighted by Crippen LogP contribution is -2.51. The van der Waals surface area contributed by atoms with Crippen molar-refractivity contribution in [2.45, 2.75) is 13.8 Å². The van der Waals surface area contributed by atoms with E-state index in [9.17, 15) is 14.0 Å². The van der Waals surface area contributed by atoms with Crippen LogP contribution in [0.25, 0.3) is 0 Å². The van der Waals surface area contributed by atoms with Gasteiger partial charge in [0.05, 0.1) is 0 Å². The largest absolute Gasteiger partial charge is 0.359 e. The van der Waals surface area contributed by atoms with Gasteiger partial charge in [-0.3, -0.25) is 4.79 Å². The van der Waals surface area contributed by atoms with Crippen LogP contribution in [0.4, 0.5) is 14.9 Å². The van der Waals surface area contributed by atoms with Crippen LogP contribution in [0.3, 0.4) is 0 Å². The van der Waals surface area contributed by atoms with Gasteiger partial charge < -0.3 is 19.6 Å². The van der Waals surface area contributed by atoms with Gasteiger partial charge in [0.1, 0.15) is 17.2 Å². The molecule has 8 heteroatoms. The van der Waals surface area contributed by atoms with E-state index in [0.717, 1.165) is 0 Å². The number of nitrogens with zero attached hydrogens (tertiary/aromatic N) is 3. The van der Waals surface area contributed by atoms with Gasteiger partial charge in [-0.2, -0.15) is 0 Å². The molecule has 25 heavy (non-hydrogen) atoms. The van der Waals surface area contributed by atoms with Crippen LogP contribution < -0.4 is 5.32 Å². The monoisotopic (exact) mass is 346 g/mol. The molecule has 1 aliphatic rings. The number of nitrogens with one attached hydrogen (secondary N) is 1. The highest BCUT2D eigenvalue weighted by molar-refractivity contribution is 5.94. The van der Waals surface area contributed by atoms with Crippen LogP contribution >= 0.6 is 0 Å². The van der Waals surface area contributed by atoms with Crippen LogP contribution in [0.1, 0.15) is 21.8 Å². The number of hydrogen-bond acceptors (Lipinski definition) is 4. The molecule has 3 amide bonds. The fourth-order valence-electron chi connectivity index (χ4n) is 2.74. The minimum absolute atomic E-state index is 0.161. The smallest absolute Gasteiger partial charge is 0.322 e. The summed E-state index contributed by atoms with van der Waals surface area (Å²) < 4.78 is 18.0. The highest BCUT2D eigenvalue weighted by Gasteiger charge is 2.26. The fraction of sp³-hybridized carbons (Fsp3) is 0.353. The Bertz CT molecular complexity index is 760. The Labute approximate surface area is 144 Å². The van der Waals surface area contributed by atoms with Crippen molar-refractivity contribution in [1.82, 2.24) is 15.0 Å². The zero-order valence-corrected chi connectivity index (χ0v) is 14.1. The highest BCUT2D eigenvalue weighted by Crippen LogP contribution is 2.19. The van der Waals surface area contributed by atoms with E-state index in [-0.39, 0.29) is 17.8 Å². The Morgan fingerprint density at radius 3 is 2.24 bits per heavy atom. The number of halogens is 1. The zero-order valence-electron chi connectivity index (χ0n) is 14.1. The molecule has 1 aliphatic heterocycles. The first-order valence-electron chi connectivity index (χ1n) is 7.99. The minimum Gasteiger partial charge on any atom is -0.359 e. The molecule has 0 aliphatic carbocycles. The highest BCUT2D eigenvalue weighted by atomic mass is 19.1. The Morgan fingerprint density at radius 2 is 1.68 bits per heavy atom. The predicted molar refractivity (Wildman–Crippen MR) is 88.9 cm³/mol. The molecule has 2 heterocycles. The maximum Gasteiger partial charge on any atom is 0.322 e. The Kier molecular flexibility index (Phi) is 4.69. The number of carbonyl (C=O) groups is 2. The van der Waals surface area contributed by atoms with Crippen LogP contribution in [0, 0.1) is 19.7 Å². The van der Waals surface area contributed by atoms with E-state index in [0.29, 0.717) is 48.9 Å². The van der Waals surface area contributed by atoms with Gasteiger partial charge in [0, 0.05) is 31.7 Å². The lowest BCUT2D eigenvalue weighted by Gasteiger charge is -2.34. The van der Waals surface area contributed by atoms with Crippen molar-refractivity contribution >= 4 is 17.6 Å². The number of piperazine rings is 1. The number of benzene rings is 1. The van der Waals surface area contributed by atoms with Crippen molar-refractivity contribution in [3.05, 3.63) is 47.1 Å². The topological polar surface area (TPSA) is 78.7 Å². The summed E-state index contributed by atoms with van der Waals surface area (Å²) in [6.07, 6.45) is 0. The molecule has 1 aromatic heterocycles. The lowest BCUT2D eigenvalue weighted by atomic mass is 10.2. The van der Waals surface area contributed by atoms with Gasteiger partial charge in [0.15, 0.2) is 5.76 Å². The first-order chi connectivity index (χ1) is 12.0. The summed E-state index contributed by atoms with van der Waals surface area (Å²) in [5.41, 5.74) is 1.64. The second-order valence-electron chi connectivity index (χ2n) is 5.92. The van der Waals surface area contributed by atoms with E-state index >= 15 is 0 Å². The summed E-state index contributed by atoms with van der Waals surface area (Å²) in [5.74, 6) is 0.0131. The predicted octanol–water partition coefficient (Wildman–Crippen LogP) is 2.42. The average Bonchev–Trinajstić information content (AvgIpc) is 2.94. The molecule has 1 aromatic carbocycles. The van der Waals surface area contributed by atoms with Gasteiger partial charge in [-0.1, -0.05) is 5.16 Å². The van der Waals surface area contributed by atoms with Gasteiger partial charge in [0.2, 0.25) is 0 Å². The number of rotatable bonds is 2.